The summed E-state index contributed by atoms with van der Waals surface area (Å²) in [6, 6.07) is -0.306. The van der Waals surface area contributed by atoms with E-state index in [1.807, 2.05) is 0 Å². The van der Waals surface area contributed by atoms with Crippen LogP contribution in [-0.2, 0) is 14.3 Å². The quantitative estimate of drug-likeness (QED) is 0.538. The number of ether oxygens (including phenoxy) is 1. The fraction of sp³-hybridized carbons (Fsp3) is 0.857. The van der Waals surface area contributed by atoms with E-state index in [1.165, 1.54) is 0 Å². The lowest BCUT2D eigenvalue weighted by Crippen LogP contribution is -2.42. The van der Waals surface area contributed by atoms with Gasteiger partial charge in [-0.1, -0.05) is 19.8 Å². The summed E-state index contributed by atoms with van der Waals surface area (Å²) >= 11 is 0. The van der Waals surface area contributed by atoms with Crippen molar-refractivity contribution in [1.29, 1.82) is 0 Å². The van der Waals surface area contributed by atoms with E-state index in [1.54, 1.807) is 4.90 Å². The molecule has 4 nitrogen and oxygen atoms in total. The van der Waals surface area contributed by atoms with Gasteiger partial charge in [0.25, 0.3) is 0 Å². The van der Waals surface area contributed by atoms with Crippen LogP contribution in [0.1, 0.15) is 51.9 Å². The van der Waals surface area contributed by atoms with Crippen LogP contribution in [-0.4, -0.2) is 36.0 Å². The SMILES string of the molecule is CCCCCOC(=O)C1CCCN1C(=O)C1CC1. The summed E-state index contributed by atoms with van der Waals surface area (Å²) in [6.07, 6.45) is 6.81. The van der Waals surface area contributed by atoms with Gasteiger partial charge in [-0.2, -0.15) is 0 Å². The fourth-order valence-electron chi connectivity index (χ4n) is 2.46. The van der Waals surface area contributed by atoms with Gasteiger partial charge in [0, 0.05) is 12.5 Å². The Kier molecular flexibility index (Phi) is 4.61. The van der Waals surface area contributed by atoms with E-state index in [0.717, 1.165) is 51.5 Å². The van der Waals surface area contributed by atoms with Gasteiger partial charge >= 0.3 is 5.97 Å². The lowest BCUT2D eigenvalue weighted by Gasteiger charge is -2.23. The average Bonchev–Trinajstić information content (AvgIpc) is 3.10. The van der Waals surface area contributed by atoms with E-state index in [-0.39, 0.29) is 23.8 Å². The Labute approximate surface area is 109 Å². The molecule has 0 spiro atoms. The van der Waals surface area contributed by atoms with Crippen molar-refractivity contribution in [3.05, 3.63) is 0 Å². The maximum Gasteiger partial charge on any atom is 0.328 e. The molecular formula is C14H23NO3. The van der Waals surface area contributed by atoms with Crippen molar-refractivity contribution >= 4 is 11.9 Å². The molecule has 0 aromatic heterocycles. The number of esters is 1. The van der Waals surface area contributed by atoms with Crippen LogP contribution in [0.15, 0.2) is 0 Å². The normalized spacial score (nSPS) is 23.2. The zero-order valence-corrected chi connectivity index (χ0v) is 11.2. The molecule has 1 unspecified atom stereocenters. The van der Waals surface area contributed by atoms with Gasteiger partial charge in [-0.05, 0) is 32.1 Å². The molecule has 1 atom stereocenters. The highest BCUT2D eigenvalue weighted by Crippen LogP contribution is 2.33. The highest BCUT2D eigenvalue weighted by Gasteiger charge is 2.41. The molecule has 2 fully saturated rings. The maximum absolute atomic E-state index is 12.0. The first kappa shape index (κ1) is 13.4. The Bertz CT molecular complexity index is 312. The second kappa shape index (κ2) is 6.21. The molecule has 1 saturated carbocycles. The van der Waals surface area contributed by atoms with Crippen LogP contribution in [0.2, 0.25) is 0 Å². The first-order chi connectivity index (χ1) is 8.74. The largest absolute Gasteiger partial charge is 0.464 e. The molecule has 2 aliphatic rings. The molecule has 4 heteroatoms. The predicted molar refractivity (Wildman–Crippen MR) is 67.9 cm³/mol. The maximum atomic E-state index is 12.0. The number of carbonyl (C=O) groups is 2. The number of hydrogen-bond donors (Lipinski definition) is 0. The van der Waals surface area contributed by atoms with Crippen LogP contribution >= 0.6 is 0 Å². The van der Waals surface area contributed by atoms with Crippen molar-refractivity contribution in [3.63, 3.8) is 0 Å². The molecule has 2 rings (SSSR count). The number of nitrogens with zero attached hydrogens (tertiary/aromatic N) is 1. The van der Waals surface area contributed by atoms with Crippen LogP contribution < -0.4 is 0 Å². The van der Waals surface area contributed by atoms with Gasteiger partial charge in [0.2, 0.25) is 5.91 Å². The Morgan fingerprint density at radius 3 is 2.67 bits per heavy atom. The minimum atomic E-state index is -0.306. The highest BCUT2D eigenvalue weighted by molar-refractivity contribution is 5.87. The predicted octanol–water partition coefficient (Wildman–Crippen LogP) is 2.12. The fourth-order valence-corrected chi connectivity index (χ4v) is 2.46. The van der Waals surface area contributed by atoms with Crippen molar-refractivity contribution in [1.82, 2.24) is 4.90 Å². The third-order valence-corrected chi connectivity index (χ3v) is 3.73. The summed E-state index contributed by atoms with van der Waals surface area (Å²) in [4.78, 5) is 25.7. The number of rotatable bonds is 6. The molecular weight excluding hydrogens is 230 g/mol. The lowest BCUT2D eigenvalue weighted by molar-refractivity contribution is -0.153. The van der Waals surface area contributed by atoms with Gasteiger partial charge in [0.15, 0.2) is 0 Å². The number of amides is 1. The van der Waals surface area contributed by atoms with Crippen molar-refractivity contribution < 1.29 is 14.3 Å². The van der Waals surface area contributed by atoms with Crippen molar-refractivity contribution in [2.75, 3.05) is 13.2 Å². The van der Waals surface area contributed by atoms with Gasteiger partial charge in [-0.15, -0.1) is 0 Å². The van der Waals surface area contributed by atoms with E-state index in [0.29, 0.717) is 6.61 Å². The Balaban J connectivity index is 1.78. The molecule has 0 aromatic rings. The van der Waals surface area contributed by atoms with E-state index in [2.05, 4.69) is 6.92 Å². The second-order valence-electron chi connectivity index (χ2n) is 5.34. The Morgan fingerprint density at radius 2 is 2.00 bits per heavy atom. The molecule has 18 heavy (non-hydrogen) atoms. The molecule has 0 aromatic carbocycles. The van der Waals surface area contributed by atoms with Gasteiger partial charge < -0.3 is 9.64 Å². The number of hydrogen-bond acceptors (Lipinski definition) is 3. The Morgan fingerprint density at radius 1 is 1.22 bits per heavy atom. The lowest BCUT2D eigenvalue weighted by atomic mass is 10.2. The molecule has 0 N–H and O–H groups in total. The van der Waals surface area contributed by atoms with Crippen molar-refractivity contribution in [2.45, 2.75) is 57.9 Å². The zero-order valence-electron chi connectivity index (χ0n) is 11.2. The van der Waals surface area contributed by atoms with Crippen LogP contribution in [0, 0.1) is 5.92 Å². The van der Waals surface area contributed by atoms with Crippen LogP contribution in [0.4, 0.5) is 0 Å². The first-order valence-electron chi connectivity index (χ1n) is 7.21. The summed E-state index contributed by atoms with van der Waals surface area (Å²) < 4.78 is 5.28. The number of unbranched alkanes of at least 4 members (excludes halogenated alkanes) is 2. The summed E-state index contributed by atoms with van der Waals surface area (Å²) in [7, 11) is 0. The molecule has 0 bridgehead atoms. The topological polar surface area (TPSA) is 46.6 Å². The monoisotopic (exact) mass is 253 g/mol. The summed E-state index contributed by atoms with van der Waals surface area (Å²) in [5.74, 6) is 0.166. The zero-order chi connectivity index (χ0) is 13.0. The number of likely N-dealkylation sites (tertiary alicyclic amines) is 1. The smallest absolute Gasteiger partial charge is 0.328 e. The Hall–Kier alpha value is -1.06. The molecule has 1 saturated heterocycles. The summed E-state index contributed by atoms with van der Waals surface area (Å²) in [5.41, 5.74) is 0. The molecule has 1 aliphatic carbocycles. The van der Waals surface area contributed by atoms with E-state index >= 15 is 0 Å². The van der Waals surface area contributed by atoms with E-state index in [9.17, 15) is 9.59 Å². The summed E-state index contributed by atoms with van der Waals surface area (Å²) in [6.45, 7) is 3.34. The van der Waals surface area contributed by atoms with Crippen molar-refractivity contribution in [3.8, 4) is 0 Å². The van der Waals surface area contributed by atoms with Crippen molar-refractivity contribution in [2.24, 2.45) is 5.92 Å². The standard InChI is InChI=1S/C14H23NO3/c1-2-3-4-10-18-14(17)12-6-5-9-15(12)13(16)11-7-8-11/h11-12H,2-10H2,1H3. The van der Waals surface area contributed by atoms with E-state index < -0.39 is 0 Å². The van der Waals surface area contributed by atoms with Gasteiger partial charge in [0.1, 0.15) is 6.04 Å². The van der Waals surface area contributed by atoms with Crippen LogP contribution in [0.3, 0.4) is 0 Å². The van der Waals surface area contributed by atoms with Crippen LogP contribution in [0.5, 0.6) is 0 Å². The molecule has 102 valence electrons. The minimum absolute atomic E-state index is 0.169. The van der Waals surface area contributed by atoms with Gasteiger partial charge in [-0.25, -0.2) is 4.79 Å². The van der Waals surface area contributed by atoms with Crippen LogP contribution in [0.25, 0.3) is 0 Å². The first-order valence-corrected chi connectivity index (χ1v) is 7.21. The van der Waals surface area contributed by atoms with E-state index in [4.69, 9.17) is 4.74 Å². The highest BCUT2D eigenvalue weighted by atomic mass is 16.5. The molecule has 1 heterocycles. The average molecular weight is 253 g/mol. The molecule has 1 aliphatic heterocycles. The minimum Gasteiger partial charge on any atom is -0.464 e. The third-order valence-electron chi connectivity index (χ3n) is 3.73. The second-order valence-corrected chi connectivity index (χ2v) is 5.34. The summed E-state index contributed by atoms with van der Waals surface area (Å²) in [5, 5.41) is 0. The molecule has 0 radical (unpaired) electrons. The van der Waals surface area contributed by atoms with Gasteiger partial charge in [-0.3, -0.25) is 4.79 Å². The van der Waals surface area contributed by atoms with Gasteiger partial charge in [0.05, 0.1) is 6.61 Å². The third kappa shape index (κ3) is 3.24. The molecule has 1 amide bonds. The number of carbonyl (C=O) groups excluding carboxylic acids is 2.